The Morgan fingerprint density at radius 3 is 2.60 bits per heavy atom. The largest absolute Gasteiger partial charge is 0.480 e. The number of methoxy groups -OCH3 is 1. The van der Waals surface area contributed by atoms with Crippen LogP contribution in [0.3, 0.4) is 0 Å². The molecule has 4 rings (SSSR count). The van der Waals surface area contributed by atoms with Gasteiger partial charge in [0.2, 0.25) is 11.8 Å². The Kier molecular flexibility index (Phi) is 5.61. The Morgan fingerprint density at radius 2 is 1.90 bits per heavy atom. The number of morpholine rings is 1. The first-order chi connectivity index (χ1) is 14.5. The summed E-state index contributed by atoms with van der Waals surface area (Å²) >= 11 is 0. The molecule has 1 N–H and O–H groups in total. The summed E-state index contributed by atoms with van der Waals surface area (Å²) in [5.74, 6) is 0.563. The van der Waals surface area contributed by atoms with E-state index < -0.39 is 5.82 Å². The van der Waals surface area contributed by atoms with Crippen molar-refractivity contribution in [1.82, 2.24) is 30.1 Å². The highest BCUT2D eigenvalue weighted by atomic mass is 19.1. The van der Waals surface area contributed by atoms with E-state index in [0.29, 0.717) is 42.0 Å². The predicted molar refractivity (Wildman–Crippen MR) is 107 cm³/mol. The highest BCUT2D eigenvalue weighted by Gasteiger charge is 2.25. The van der Waals surface area contributed by atoms with Crippen molar-refractivity contribution >= 4 is 17.6 Å². The number of hydrogen-bond donors (Lipinski definition) is 1. The van der Waals surface area contributed by atoms with Crippen LogP contribution in [0.2, 0.25) is 0 Å². The van der Waals surface area contributed by atoms with E-state index in [2.05, 4.69) is 35.5 Å². The second kappa shape index (κ2) is 8.49. The third kappa shape index (κ3) is 4.40. The van der Waals surface area contributed by atoms with Gasteiger partial charge in [-0.2, -0.15) is 10.1 Å². The van der Waals surface area contributed by atoms with Crippen molar-refractivity contribution in [2.24, 2.45) is 0 Å². The van der Waals surface area contributed by atoms with Crippen molar-refractivity contribution in [1.29, 1.82) is 0 Å². The minimum Gasteiger partial charge on any atom is -0.480 e. The molecular weight excluding hydrogens is 391 g/mol. The van der Waals surface area contributed by atoms with Gasteiger partial charge in [0.15, 0.2) is 17.5 Å². The van der Waals surface area contributed by atoms with E-state index >= 15 is 0 Å². The summed E-state index contributed by atoms with van der Waals surface area (Å²) in [5.41, 5.74) is 1.24. The van der Waals surface area contributed by atoms with Crippen LogP contribution in [0.5, 0.6) is 5.88 Å². The Morgan fingerprint density at radius 1 is 1.10 bits per heavy atom. The molecule has 4 heterocycles. The number of halogens is 1. The summed E-state index contributed by atoms with van der Waals surface area (Å²) in [4.78, 5) is 18.9. The van der Waals surface area contributed by atoms with Crippen LogP contribution < -0.4 is 15.0 Å². The summed E-state index contributed by atoms with van der Waals surface area (Å²) in [6.45, 7) is 5.21. The minimum absolute atomic E-state index is 0.0130. The minimum atomic E-state index is -0.593. The Bertz CT molecular complexity index is 1010. The highest BCUT2D eigenvalue weighted by molar-refractivity contribution is 5.63. The Balaban J connectivity index is 1.56. The van der Waals surface area contributed by atoms with Gasteiger partial charge in [0.05, 0.1) is 49.8 Å². The van der Waals surface area contributed by atoms with Gasteiger partial charge in [-0.1, -0.05) is 0 Å². The fraction of sp³-hybridized carbons (Fsp3) is 0.368. The van der Waals surface area contributed by atoms with E-state index in [1.165, 1.54) is 13.3 Å². The third-order valence-electron chi connectivity index (χ3n) is 4.47. The zero-order valence-electron chi connectivity index (χ0n) is 16.8. The third-order valence-corrected chi connectivity index (χ3v) is 4.47. The van der Waals surface area contributed by atoms with Crippen molar-refractivity contribution in [3.05, 3.63) is 36.7 Å². The maximum absolute atomic E-state index is 14.4. The topological polar surface area (TPSA) is 111 Å². The molecule has 30 heavy (non-hydrogen) atoms. The number of hydrogen-bond acceptors (Lipinski definition) is 10. The van der Waals surface area contributed by atoms with E-state index in [4.69, 9.17) is 9.47 Å². The van der Waals surface area contributed by atoms with Crippen LogP contribution >= 0.6 is 0 Å². The first kappa shape index (κ1) is 19.8. The summed E-state index contributed by atoms with van der Waals surface area (Å²) in [6.07, 6.45) is 5.81. The molecule has 0 unspecified atom stereocenters. The molecule has 0 bridgehead atoms. The van der Waals surface area contributed by atoms with Crippen LogP contribution in [-0.4, -0.2) is 62.5 Å². The van der Waals surface area contributed by atoms with Crippen LogP contribution in [-0.2, 0) is 4.74 Å². The lowest BCUT2D eigenvalue weighted by atomic mass is 10.2. The molecule has 1 aliphatic heterocycles. The van der Waals surface area contributed by atoms with Gasteiger partial charge in [-0.25, -0.2) is 19.3 Å². The van der Waals surface area contributed by atoms with Crippen LogP contribution in [0.4, 0.5) is 22.0 Å². The second-order valence-corrected chi connectivity index (χ2v) is 6.93. The summed E-state index contributed by atoms with van der Waals surface area (Å²) in [7, 11) is 1.52. The molecular formula is C19H21FN8O2. The summed E-state index contributed by atoms with van der Waals surface area (Å²) < 4.78 is 25.1. The molecule has 0 aliphatic carbocycles. The highest BCUT2D eigenvalue weighted by Crippen LogP contribution is 2.24. The van der Waals surface area contributed by atoms with E-state index in [-0.39, 0.29) is 18.0 Å². The Labute approximate surface area is 172 Å². The molecule has 0 radical (unpaired) electrons. The zero-order valence-corrected chi connectivity index (χ0v) is 16.8. The van der Waals surface area contributed by atoms with E-state index in [1.54, 1.807) is 18.5 Å². The quantitative estimate of drug-likeness (QED) is 0.669. The smallest absolute Gasteiger partial charge is 0.232 e. The van der Waals surface area contributed by atoms with Gasteiger partial charge in [-0.15, -0.1) is 5.10 Å². The number of nitrogens with one attached hydrogen (secondary N) is 1. The van der Waals surface area contributed by atoms with E-state index in [1.807, 2.05) is 18.7 Å². The molecule has 11 heteroatoms. The first-order valence-electron chi connectivity index (χ1n) is 9.41. The van der Waals surface area contributed by atoms with Crippen LogP contribution in [0.25, 0.3) is 11.3 Å². The van der Waals surface area contributed by atoms with Crippen LogP contribution in [0.15, 0.2) is 30.9 Å². The molecule has 3 aromatic rings. The monoisotopic (exact) mass is 412 g/mol. The number of rotatable bonds is 5. The number of aromatic nitrogens is 6. The molecule has 1 aliphatic rings. The second-order valence-electron chi connectivity index (χ2n) is 6.93. The molecule has 3 aromatic heterocycles. The van der Waals surface area contributed by atoms with Gasteiger partial charge >= 0.3 is 0 Å². The molecule has 156 valence electrons. The van der Waals surface area contributed by atoms with Gasteiger partial charge in [-0.3, -0.25) is 0 Å². The van der Waals surface area contributed by atoms with Gasteiger partial charge in [0.1, 0.15) is 0 Å². The molecule has 1 saturated heterocycles. The molecule has 0 aromatic carbocycles. The predicted octanol–water partition coefficient (Wildman–Crippen LogP) is 2.23. The lowest BCUT2D eigenvalue weighted by Crippen LogP contribution is -2.46. The average Bonchev–Trinajstić information content (AvgIpc) is 2.75. The summed E-state index contributed by atoms with van der Waals surface area (Å²) in [6, 6.07) is 1.68. The van der Waals surface area contributed by atoms with Gasteiger partial charge in [-0.05, 0) is 19.9 Å². The SMILES string of the molecule is COc1cnc(-c2cnnc(Nc3nc(N4C[C@@H](C)O[C@@H](C)C4)ncc3F)c2)cn1. The van der Waals surface area contributed by atoms with E-state index in [0.717, 1.165) is 6.20 Å². The van der Waals surface area contributed by atoms with Crippen molar-refractivity contribution in [2.75, 3.05) is 30.4 Å². The standard InChI is InChI=1S/C19H21FN8O2/c1-11-9-28(10-12(2)30-11)19-23-6-14(20)18(26-19)25-16-4-13(5-24-27-16)15-7-22-17(29-3)8-21-15/h4-8,11-12H,9-10H2,1-3H3,(H,23,25,26,27)/t11-,12+. The van der Waals surface area contributed by atoms with Gasteiger partial charge in [0.25, 0.3) is 0 Å². The van der Waals surface area contributed by atoms with E-state index in [9.17, 15) is 4.39 Å². The van der Waals surface area contributed by atoms with Crippen LogP contribution in [0, 0.1) is 5.82 Å². The molecule has 0 saturated carbocycles. The maximum Gasteiger partial charge on any atom is 0.232 e. The average molecular weight is 412 g/mol. The number of anilines is 3. The Hall–Kier alpha value is -3.47. The molecule has 0 amide bonds. The number of nitrogens with zero attached hydrogens (tertiary/aromatic N) is 7. The summed E-state index contributed by atoms with van der Waals surface area (Å²) in [5, 5.41) is 10.8. The van der Waals surface area contributed by atoms with Gasteiger partial charge < -0.3 is 19.7 Å². The van der Waals surface area contributed by atoms with Gasteiger partial charge in [0, 0.05) is 18.7 Å². The lowest BCUT2D eigenvalue weighted by molar-refractivity contribution is -0.00572. The van der Waals surface area contributed by atoms with Crippen molar-refractivity contribution in [3.8, 4) is 17.1 Å². The molecule has 0 spiro atoms. The van der Waals surface area contributed by atoms with Crippen LogP contribution in [0.1, 0.15) is 13.8 Å². The van der Waals surface area contributed by atoms with Crippen molar-refractivity contribution in [3.63, 3.8) is 0 Å². The fourth-order valence-corrected chi connectivity index (χ4v) is 3.20. The van der Waals surface area contributed by atoms with Crippen molar-refractivity contribution in [2.45, 2.75) is 26.1 Å². The maximum atomic E-state index is 14.4. The number of ether oxygens (including phenoxy) is 2. The lowest BCUT2D eigenvalue weighted by Gasteiger charge is -2.35. The zero-order chi connectivity index (χ0) is 21.1. The first-order valence-corrected chi connectivity index (χ1v) is 9.41. The normalized spacial score (nSPS) is 18.9. The van der Waals surface area contributed by atoms with Crippen molar-refractivity contribution < 1.29 is 13.9 Å². The molecule has 2 atom stereocenters. The molecule has 1 fully saturated rings. The molecule has 10 nitrogen and oxygen atoms in total. The fourth-order valence-electron chi connectivity index (χ4n) is 3.20.